The first-order valence-corrected chi connectivity index (χ1v) is 8.37. The summed E-state index contributed by atoms with van der Waals surface area (Å²) in [5.74, 6) is -0.356. The SMILES string of the molecule is O=C(Nc1cccc(F)c1)N1CC[NH+](Cc2ccc(Cl)cc2)CC1. The summed E-state index contributed by atoms with van der Waals surface area (Å²) in [7, 11) is 0. The predicted octanol–water partition coefficient (Wildman–Crippen LogP) is 2.41. The Kier molecular flexibility index (Phi) is 5.33. The third kappa shape index (κ3) is 4.46. The topological polar surface area (TPSA) is 36.8 Å². The van der Waals surface area contributed by atoms with E-state index in [2.05, 4.69) is 5.32 Å². The molecule has 6 heteroatoms. The van der Waals surface area contributed by atoms with Gasteiger partial charge in [0.25, 0.3) is 0 Å². The summed E-state index contributed by atoms with van der Waals surface area (Å²) >= 11 is 5.90. The molecule has 0 bridgehead atoms. The molecule has 2 aromatic rings. The van der Waals surface area contributed by atoms with E-state index in [0.717, 1.165) is 24.7 Å². The minimum Gasteiger partial charge on any atom is -0.328 e. The molecule has 2 N–H and O–H groups in total. The normalized spacial score (nSPS) is 15.3. The highest BCUT2D eigenvalue weighted by Gasteiger charge is 2.23. The fraction of sp³-hybridized carbons (Fsp3) is 0.278. The highest BCUT2D eigenvalue weighted by molar-refractivity contribution is 6.30. The fourth-order valence-electron chi connectivity index (χ4n) is 2.86. The first kappa shape index (κ1) is 16.7. The number of nitrogens with zero attached hydrogens (tertiary/aromatic N) is 1. The van der Waals surface area contributed by atoms with Crippen LogP contribution in [0, 0.1) is 5.82 Å². The van der Waals surface area contributed by atoms with Gasteiger partial charge in [0, 0.05) is 16.3 Å². The standard InChI is InChI=1S/C18H19ClFN3O/c19-15-6-4-14(5-7-15)13-22-8-10-23(11-9-22)18(24)21-17-3-1-2-16(20)12-17/h1-7,12H,8-11,13H2,(H,21,24)/p+1. The Morgan fingerprint density at radius 3 is 2.54 bits per heavy atom. The number of urea groups is 1. The van der Waals surface area contributed by atoms with Crippen LogP contribution >= 0.6 is 11.6 Å². The molecule has 2 amide bonds. The first-order valence-electron chi connectivity index (χ1n) is 8.00. The van der Waals surface area contributed by atoms with Crippen LogP contribution in [0.4, 0.5) is 14.9 Å². The number of amides is 2. The van der Waals surface area contributed by atoms with E-state index in [0.29, 0.717) is 18.8 Å². The van der Waals surface area contributed by atoms with Crippen LogP contribution in [-0.4, -0.2) is 37.1 Å². The number of anilines is 1. The molecule has 4 nitrogen and oxygen atoms in total. The van der Waals surface area contributed by atoms with Gasteiger partial charge in [-0.3, -0.25) is 0 Å². The van der Waals surface area contributed by atoms with Gasteiger partial charge in [0.1, 0.15) is 12.4 Å². The van der Waals surface area contributed by atoms with Crippen LogP contribution in [0.25, 0.3) is 0 Å². The number of piperazine rings is 1. The number of hydrogen-bond donors (Lipinski definition) is 2. The molecule has 1 fully saturated rings. The molecule has 24 heavy (non-hydrogen) atoms. The van der Waals surface area contributed by atoms with E-state index in [-0.39, 0.29) is 11.8 Å². The molecule has 1 aliphatic rings. The maximum atomic E-state index is 13.2. The second-order valence-electron chi connectivity index (χ2n) is 5.98. The number of quaternary nitrogens is 1. The summed E-state index contributed by atoms with van der Waals surface area (Å²) in [6.07, 6.45) is 0. The van der Waals surface area contributed by atoms with Crippen molar-refractivity contribution < 1.29 is 14.1 Å². The smallest absolute Gasteiger partial charge is 0.322 e. The number of rotatable bonds is 3. The molecule has 0 atom stereocenters. The van der Waals surface area contributed by atoms with Crippen LogP contribution in [0.2, 0.25) is 5.02 Å². The van der Waals surface area contributed by atoms with Crippen LogP contribution in [0.5, 0.6) is 0 Å². The number of nitrogens with one attached hydrogen (secondary N) is 2. The van der Waals surface area contributed by atoms with Crippen LogP contribution in [-0.2, 0) is 6.54 Å². The van der Waals surface area contributed by atoms with E-state index in [1.807, 2.05) is 24.3 Å². The summed E-state index contributed by atoms with van der Waals surface area (Å²) < 4.78 is 13.2. The second-order valence-corrected chi connectivity index (χ2v) is 6.42. The lowest BCUT2D eigenvalue weighted by atomic mass is 10.2. The molecule has 0 aromatic heterocycles. The fourth-order valence-corrected chi connectivity index (χ4v) is 2.99. The van der Waals surface area contributed by atoms with Crippen molar-refractivity contribution in [3.8, 4) is 0 Å². The zero-order valence-corrected chi connectivity index (χ0v) is 14.0. The molecule has 126 valence electrons. The quantitative estimate of drug-likeness (QED) is 0.878. The van der Waals surface area contributed by atoms with Gasteiger partial charge in [-0.1, -0.05) is 29.8 Å². The molecule has 2 aromatic carbocycles. The zero-order valence-electron chi connectivity index (χ0n) is 13.3. The molecule has 0 unspecified atom stereocenters. The molecule has 0 spiro atoms. The van der Waals surface area contributed by atoms with E-state index in [9.17, 15) is 9.18 Å². The zero-order chi connectivity index (χ0) is 16.9. The number of benzene rings is 2. The van der Waals surface area contributed by atoms with Crippen molar-refractivity contribution in [1.29, 1.82) is 0 Å². The lowest BCUT2D eigenvalue weighted by Gasteiger charge is -2.32. The number of hydrogen-bond acceptors (Lipinski definition) is 1. The van der Waals surface area contributed by atoms with Crippen LogP contribution in [0.1, 0.15) is 5.56 Å². The highest BCUT2D eigenvalue weighted by Crippen LogP contribution is 2.11. The molecule has 0 saturated carbocycles. The predicted molar refractivity (Wildman–Crippen MR) is 92.8 cm³/mol. The Hall–Kier alpha value is -2.11. The molecule has 0 radical (unpaired) electrons. The lowest BCUT2D eigenvalue weighted by Crippen LogP contribution is -3.13. The minimum atomic E-state index is -0.356. The highest BCUT2D eigenvalue weighted by atomic mass is 35.5. The van der Waals surface area contributed by atoms with Gasteiger partial charge in [0.05, 0.1) is 26.2 Å². The lowest BCUT2D eigenvalue weighted by molar-refractivity contribution is -0.917. The van der Waals surface area contributed by atoms with Crippen molar-refractivity contribution in [2.45, 2.75) is 6.54 Å². The van der Waals surface area contributed by atoms with E-state index < -0.39 is 0 Å². The Morgan fingerprint density at radius 1 is 1.17 bits per heavy atom. The number of halogens is 2. The molecule has 1 saturated heterocycles. The van der Waals surface area contributed by atoms with Crippen molar-refractivity contribution in [1.82, 2.24) is 4.90 Å². The van der Waals surface area contributed by atoms with E-state index in [1.165, 1.54) is 22.6 Å². The summed E-state index contributed by atoms with van der Waals surface area (Å²) in [5, 5.41) is 3.49. The summed E-state index contributed by atoms with van der Waals surface area (Å²) in [6.45, 7) is 4.07. The van der Waals surface area contributed by atoms with Crippen molar-refractivity contribution in [2.75, 3.05) is 31.5 Å². The van der Waals surface area contributed by atoms with Gasteiger partial charge in [-0.2, -0.15) is 0 Å². The number of carbonyl (C=O) groups excluding carboxylic acids is 1. The Balaban J connectivity index is 1.49. The van der Waals surface area contributed by atoms with Crippen molar-refractivity contribution >= 4 is 23.3 Å². The van der Waals surface area contributed by atoms with Gasteiger partial charge in [0.15, 0.2) is 0 Å². The van der Waals surface area contributed by atoms with Crippen molar-refractivity contribution in [3.05, 3.63) is 64.9 Å². The van der Waals surface area contributed by atoms with Crippen molar-refractivity contribution in [3.63, 3.8) is 0 Å². The molecule has 0 aliphatic carbocycles. The van der Waals surface area contributed by atoms with Crippen molar-refractivity contribution in [2.24, 2.45) is 0 Å². The van der Waals surface area contributed by atoms with E-state index in [1.54, 1.807) is 17.0 Å². The third-order valence-electron chi connectivity index (χ3n) is 4.20. The third-order valence-corrected chi connectivity index (χ3v) is 4.45. The maximum Gasteiger partial charge on any atom is 0.322 e. The van der Waals surface area contributed by atoms with Crippen LogP contribution in [0.3, 0.4) is 0 Å². The summed E-state index contributed by atoms with van der Waals surface area (Å²) in [4.78, 5) is 15.5. The van der Waals surface area contributed by atoms with Crippen LogP contribution in [0.15, 0.2) is 48.5 Å². The van der Waals surface area contributed by atoms with E-state index >= 15 is 0 Å². The van der Waals surface area contributed by atoms with E-state index in [4.69, 9.17) is 11.6 Å². The summed E-state index contributed by atoms with van der Waals surface area (Å²) in [5.41, 5.74) is 1.73. The Bertz CT molecular complexity index is 700. The molecular weight excluding hydrogens is 329 g/mol. The monoisotopic (exact) mass is 348 g/mol. The van der Waals surface area contributed by atoms with Gasteiger partial charge in [0.2, 0.25) is 0 Å². The average molecular weight is 349 g/mol. The Morgan fingerprint density at radius 2 is 1.88 bits per heavy atom. The average Bonchev–Trinajstić information content (AvgIpc) is 2.57. The molecular formula is C18H20ClFN3O+. The first-order chi connectivity index (χ1) is 11.6. The molecule has 1 heterocycles. The summed E-state index contributed by atoms with van der Waals surface area (Å²) in [6, 6.07) is 13.6. The second kappa shape index (κ2) is 7.64. The largest absolute Gasteiger partial charge is 0.328 e. The van der Waals surface area contributed by atoms with Gasteiger partial charge in [-0.05, 0) is 30.3 Å². The Labute approximate surface area is 145 Å². The maximum absolute atomic E-state index is 13.2. The minimum absolute atomic E-state index is 0.175. The van der Waals surface area contributed by atoms with Gasteiger partial charge in [-0.15, -0.1) is 0 Å². The van der Waals surface area contributed by atoms with Gasteiger partial charge < -0.3 is 15.1 Å². The molecule has 3 rings (SSSR count). The molecule has 1 aliphatic heterocycles. The number of carbonyl (C=O) groups is 1. The van der Waals surface area contributed by atoms with Gasteiger partial charge >= 0.3 is 6.03 Å². The van der Waals surface area contributed by atoms with Gasteiger partial charge in [-0.25, -0.2) is 9.18 Å². The van der Waals surface area contributed by atoms with Crippen LogP contribution < -0.4 is 10.2 Å².